The highest BCUT2D eigenvalue weighted by Gasteiger charge is 2.32. The molecule has 1 aliphatic rings. The van der Waals surface area contributed by atoms with Crippen molar-refractivity contribution in [3.63, 3.8) is 0 Å². The molecule has 0 atom stereocenters. The average Bonchev–Trinajstić information content (AvgIpc) is 2.34. The molecule has 0 aromatic heterocycles. The van der Waals surface area contributed by atoms with Gasteiger partial charge in [-0.3, -0.25) is 14.9 Å². The molecular weight excluding hydrogens is 312 g/mol. The van der Waals surface area contributed by atoms with Gasteiger partial charge in [0.05, 0.1) is 10.5 Å². The number of benzene rings is 1. The molecule has 2 rings (SSSR count). The van der Waals surface area contributed by atoms with Crippen molar-refractivity contribution in [3.05, 3.63) is 38.3 Å². The van der Waals surface area contributed by atoms with Crippen LogP contribution >= 0.6 is 15.9 Å². The number of nitrogens with zero attached hydrogens (tertiary/aromatic N) is 1. The van der Waals surface area contributed by atoms with E-state index in [0.29, 0.717) is 16.6 Å². The monoisotopic (exact) mass is 326 g/mol. The number of hydrogen-bond acceptors (Lipinski definition) is 3. The highest BCUT2D eigenvalue weighted by Crippen LogP contribution is 2.39. The van der Waals surface area contributed by atoms with Gasteiger partial charge in [0.2, 0.25) is 0 Å². The molecule has 102 valence electrons. The summed E-state index contributed by atoms with van der Waals surface area (Å²) in [6.45, 7) is 2.75. The van der Waals surface area contributed by atoms with E-state index in [1.54, 1.807) is 0 Å². The lowest BCUT2D eigenvalue weighted by Crippen LogP contribution is -2.40. The second kappa shape index (κ2) is 5.28. The quantitative estimate of drug-likeness (QED) is 0.681. The summed E-state index contributed by atoms with van der Waals surface area (Å²) in [5.41, 5.74) is 0.406. The van der Waals surface area contributed by atoms with Gasteiger partial charge in [-0.2, -0.15) is 0 Å². The van der Waals surface area contributed by atoms with Crippen molar-refractivity contribution >= 4 is 27.5 Å². The van der Waals surface area contributed by atoms with Crippen LogP contribution in [0.3, 0.4) is 0 Å². The zero-order chi connectivity index (χ0) is 14.0. The van der Waals surface area contributed by atoms with Crippen LogP contribution in [0, 0.1) is 15.5 Å². The molecule has 0 unspecified atom stereocenters. The number of halogens is 1. The van der Waals surface area contributed by atoms with E-state index in [1.807, 2.05) is 0 Å². The Morgan fingerprint density at radius 3 is 2.74 bits per heavy atom. The fourth-order valence-corrected chi connectivity index (χ4v) is 2.57. The third-order valence-electron chi connectivity index (χ3n) is 3.64. The van der Waals surface area contributed by atoms with Gasteiger partial charge in [0.1, 0.15) is 0 Å². The molecule has 0 bridgehead atoms. The molecule has 0 saturated heterocycles. The van der Waals surface area contributed by atoms with Crippen molar-refractivity contribution in [1.29, 1.82) is 0 Å². The summed E-state index contributed by atoms with van der Waals surface area (Å²) in [4.78, 5) is 22.3. The number of carbonyl (C=O) groups is 1. The molecule has 0 heterocycles. The number of non-ortho nitro benzene ring substituents is 1. The van der Waals surface area contributed by atoms with Crippen molar-refractivity contribution in [2.24, 2.45) is 5.41 Å². The van der Waals surface area contributed by atoms with E-state index >= 15 is 0 Å². The largest absolute Gasteiger partial charge is 0.351 e. The smallest absolute Gasteiger partial charge is 0.270 e. The maximum atomic E-state index is 12.1. The van der Waals surface area contributed by atoms with Crippen LogP contribution in [0.5, 0.6) is 0 Å². The van der Waals surface area contributed by atoms with Gasteiger partial charge in [-0.25, -0.2) is 0 Å². The van der Waals surface area contributed by atoms with Gasteiger partial charge in [0.15, 0.2) is 0 Å². The van der Waals surface area contributed by atoms with E-state index < -0.39 is 4.92 Å². The molecule has 1 amide bonds. The molecule has 1 aliphatic carbocycles. The van der Waals surface area contributed by atoms with Crippen LogP contribution in [0.2, 0.25) is 0 Å². The molecule has 5 nitrogen and oxygen atoms in total. The second-order valence-electron chi connectivity index (χ2n) is 5.27. The van der Waals surface area contributed by atoms with Gasteiger partial charge < -0.3 is 5.32 Å². The zero-order valence-corrected chi connectivity index (χ0v) is 12.2. The van der Waals surface area contributed by atoms with Crippen molar-refractivity contribution in [1.82, 2.24) is 5.32 Å². The summed E-state index contributed by atoms with van der Waals surface area (Å²) in [7, 11) is 0. The molecule has 0 spiro atoms. The van der Waals surface area contributed by atoms with E-state index in [9.17, 15) is 14.9 Å². The second-order valence-corrected chi connectivity index (χ2v) is 6.12. The lowest BCUT2D eigenvalue weighted by Gasteiger charge is -2.38. The minimum absolute atomic E-state index is 0.0804. The van der Waals surface area contributed by atoms with Crippen LogP contribution in [-0.2, 0) is 0 Å². The molecule has 1 aromatic rings. The SMILES string of the molecule is CC1(CNC(=O)c2cc([N+](=O)[O-])ccc2Br)CCC1. The highest BCUT2D eigenvalue weighted by atomic mass is 79.9. The Morgan fingerprint density at radius 2 is 2.21 bits per heavy atom. The molecule has 1 N–H and O–H groups in total. The van der Waals surface area contributed by atoms with Crippen molar-refractivity contribution in [3.8, 4) is 0 Å². The Hall–Kier alpha value is -1.43. The molecule has 6 heteroatoms. The fraction of sp³-hybridized carbons (Fsp3) is 0.462. The fourth-order valence-electron chi connectivity index (χ4n) is 2.15. The van der Waals surface area contributed by atoms with Crippen LogP contribution in [0.15, 0.2) is 22.7 Å². The first-order chi connectivity index (χ1) is 8.91. The number of carbonyl (C=O) groups excluding carboxylic acids is 1. The summed E-state index contributed by atoms with van der Waals surface area (Å²) in [6.07, 6.45) is 3.43. The number of nitro benzene ring substituents is 1. The summed E-state index contributed by atoms with van der Waals surface area (Å²) in [5, 5.41) is 13.6. The van der Waals surface area contributed by atoms with Gasteiger partial charge in [-0.15, -0.1) is 0 Å². The summed E-state index contributed by atoms with van der Waals surface area (Å²) in [5.74, 6) is -0.274. The number of amides is 1. The van der Waals surface area contributed by atoms with Crippen LogP contribution in [0.25, 0.3) is 0 Å². The first kappa shape index (κ1) is 14.0. The maximum Gasteiger partial charge on any atom is 0.270 e. The molecule has 1 saturated carbocycles. The Labute approximate surface area is 119 Å². The first-order valence-electron chi connectivity index (χ1n) is 6.13. The van der Waals surface area contributed by atoms with Crippen molar-refractivity contribution in [2.75, 3.05) is 6.54 Å². The van der Waals surface area contributed by atoms with E-state index in [1.165, 1.54) is 24.6 Å². The lowest BCUT2D eigenvalue weighted by atomic mass is 9.70. The van der Waals surface area contributed by atoms with E-state index in [4.69, 9.17) is 0 Å². The Bertz CT molecular complexity index is 527. The molecule has 1 fully saturated rings. The minimum atomic E-state index is -0.504. The molecule has 0 aliphatic heterocycles. The van der Waals surface area contributed by atoms with Crippen LogP contribution in [-0.4, -0.2) is 17.4 Å². The van der Waals surface area contributed by atoms with Gasteiger partial charge in [-0.1, -0.05) is 13.3 Å². The molecule has 1 aromatic carbocycles. The third-order valence-corrected chi connectivity index (χ3v) is 4.33. The maximum absolute atomic E-state index is 12.1. The average molecular weight is 327 g/mol. The van der Waals surface area contributed by atoms with Gasteiger partial charge in [0, 0.05) is 23.2 Å². The zero-order valence-electron chi connectivity index (χ0n) is 10.6. The minimum Gasteiger partial charge on any atom is -0.351 e. The normalized spacial score (nSPS) is 16.5. The first-order valence-corrected chi connectivity index (χ1v) is 6.93. The van der Waals surface area contributed by atoms with Crippen molar-refractivity contribution < 1.29 is 9.72 Å². The molecule has 19 heavy (non-hydrogen) atoms. The molecule has 0 radical (unpaired) electrons. The van der Waals surface area contributed by atoms with Crippen LogP contribution in [0.1, 0.15) is 36.5 Å². The summed E-state index contributed by atoms with van der Waals surface area (Å²) < 4.78 is 0.564. The number of rotatable bonds is 4. The highest BCUT2D eigenvalue weighted by molar-refractivity contribution is 9.10. The van der Waals surface area contributed by atoms with E-state index in [0.717, 1.165) is 12.8 Å². The topological polar surface area (TPSA) is 72.2 Å². The number of hydrogen-bond donors (Lipinski definition) is 1. The van der Waals surface area contributed by atoms with Gasteiger partial charge in [0.25, 0.3) is 11.6 Å². The van der Waals surface area contributed by atoms with Gasteiger partial charge in [-0.05, 0) is 40.3 Å². The van der Waals surface area contributed by atoms with Crippen molar-refractivity contribution in [2.45, 2.75) is 26.2 Å². The standard InChI is InChI=1S/C13H15BrN2O3/c1-13(5-2-6-13)8-15-12(17)10-7-9(16(18)19)3-4-11(10)14/h3-4,7H,2,5-6,8H2,1H3,(H,15,17). The van der Waals surface area contributed by atoms with E-state index in [2.05, 4.69) is 28.2 Å². The van der Waals surface area contributed by atoms with E-state index in [-0.39, 0.29) is 17.0 Å². The number of nitrogens with one attached hydrogen (secondary N) is 1. The lowest BCUT2D eigenvalue weighted by molar-refractivity contribution is -0.384. The van der Waals surface area contributed by atoms with Crippen LogP contribution in [0.4, 0.5) is 5.69 Å². The predicted octanol–water partition coefficient (Wildman–Crippen LogP) is 3.28. The summed E-state index contributed by atoms with van der Waals surface area (Å²) >= 11 is 3.25. The Morgan fingerprint density at radius 1 is 1.53 bits per heavy atom. The van der Waals surface area contributed by atoms with Crippen LogP contribution < -0.4 is 5.32 Å². The third kappa shape index (κ3) is 3.12. The Kier molecular flexibility index (Phi) is 3.89. The Balaban J connectivity index is 2.09. The predicted molar refractivity (Wildman–Crippen MR) is 75.1 cm³/mol. The van der Waals surface area contributed by atoms with Gasteiger partial charge >= 0.3 is 0 Å². The molecular formula is C13H15BrN2O3. The number of nitro groups is 1. The summed E-state index contributed by atoms with van der Waals surface area (Å²) in [6, 6.07) is 4.19.